The highest BCUT2D eigenvalue weighted by Gasteiger charge is 2.00. The van der Waals surface area contributed by atoms with Gasteiger partial charge < -0.3 is 5.11 Å². The zero-order chi connectivity index (χ0) is 11.3. The van der Waals surface area contributed by atoms with Gasteiger partial charge in [0.05, 0.1) is 4.47 Å². The van der Waals surface area contributed by atoms with Crippen molar-refractivity contribution >= 4 is 28.0 Å². The van der Waals surface area contributed by atoms with Crippen LogP contribution in [0.4, 0.5) is 4.39 Å². The predicted octanol–water partition coefficient (Wildman–Crippen LogP) is 3.24. The van der Waals surface area contributed by atoms with Crippen LogP contribution in [0.1, 0.15) is 5.56 Å². The number of carbonyl (C=O) groups is 1. The van der Waals surface area contributed by atoms with Crippen LogP contribution in [0.15, 0.2) is 40.9 Å². The molecule has 1 N–H and O–H groups in total. The van der Waals surface area contributed by atoms with E-state index in [9.17, 15) is 9.18 Å². The summed E-state index contributed by atoms with van der Waals surface area (Å²) in [5.74, 6) is -1.36. The molecule has 0 aliphatic heterocycles. The first-order valence-electron chi connectivity index (χ1n) is 4.13. The maximum absolute atomic E-state index is 13.0. The summed E-state index contributed by atoms with van der Waals surface area (Å²) < 4.78 is 13.4. The van der Waals surface area contributed by atoms with Crippen LogP contribution in [0.5, 0.6) is 0 Å². The van der Waals surface area contributed by atoms with Gasteiger partial charge in [-0.1, -0.05) is 30.4 Å². The number of halogens is 2. The quantitative estimate of drug-likeness (QED) is 0.676. The molecule has 0 spiro atoms. The van der Waals surface area contributed by atoms with Gasteiger partial charge in [0, 0.05) is 6.08 Å². The molecule has 0 aliphatic rings. The second-order valence-corrected chi connectivity index (χ2v) is 3.49. The molecular formula is C11H8BrFO2. The largest absolute Gasteiger partial charge is 0.478 e. The standard InChI is InChI=1S/C11H8BrFO2/c12-11-8(5-3-6-9(11)13)4-1-2-7-10(14)15/h1-7H,(H,14,15)/b4-1+,7-2+. The number of carboxylic acid groups (broad SMARTS) is 1. The van der Waals surface area contributed by atoms with E-state index < -0.39 is 5.97 Å². The summed E-state index contributed by atoms with van der Waals surface area (Å²) in [5.41, 5.74) is 0.657. The minimum atomic E-state index is -1.02. The van der Waals surface area contributed by atoms with Crippen LogP contribution in [0.25, 0.3) is 6.08 Å². The number of benzene rings is 1. The van der Waals surface area contributed by atoms with E-state index >= 15 is 0 Å². The number of hydrogen-bond acceptors (Lipinski definition) is 1. The molecule has 0 atom stereocenters. The van der Waals surface area contributed by atoms with Gasteiger partial charge in [0.2, 0.25) is 0 Å². The Morgan fingerprint density at radius 3 is 2.80 bits per heavy atom. The third kappa shape index (κ3) is 3.67. The van der Waals surface area contributed by atoms with E-state index in [1.54, 1.807) is 18.2 Å². The van der Waals surface area contributed by atoms with Gasteiger partial charge in [-0.05, 0) is 27.6 Å². The average molecular weight is 271 g/mol. The van der Waals surface area contributed by atoms with Crippen molar-refractivity contribution < 1.29 is 14.3 Å². The summed E-state index contributed by atoms with van der Waals surface area (Å²) in [6.07, 6.45) is 5.53. The lowest BCUT2D eigenvalue weighted by molar-refractivity contribution is -0.131. The van der Waals surface area contributed by atoms with Crippen molar-refractivity contribution in [3.05, 3.63) is 52.3 Å². The Bertz CT molecular complexity index is 425. The van der Waals surface area contributed by atoms with E-state index in [4.69, 9.17) is 5.11 Å². The SMILES string of the molecule is O=C(O)/C=C/C=C/c1cccc(F)c1Br. The molecule has 1 aromatic carbocycles. The van der Waals surface area contributed by atoms with Crippen LogP contribution in [0.3, 0.4) is 0 Å². The number of hydrogen-bond donors (Lipinski definition) is 1. The molecule has 78 valence electrons. The van der Waals surface area contributed by atoms with E-state index in [-0.39, 0.29) is 5.82 Å². The number of aliphatic carboxylic acids is 1. The van der Waals surface area contributed by atoms with Crippen molar-refractivity contribution in [2.45, 2.75) is 0 Å². The fourth-order valence-electron chi connectivity index (χ4n) is 0.946. The van der Waals surface area contributed by atoms with Crippen molar-refractivity contribution in [3.8, 4) is 0 Å². The first kappa shape index (κ1) is 11.7. The molecule has 0 saturated heterocycles. The van der Waals surface area contributed by atoms with E-state index in [0.29, 0.717) is 10.0 Å². The highest BCUT2D eigenvalue weighted by Crippen LogP contribution is 2.21. The second kappa shape index (κ2) is 5.46. The van der Waals surface area contributed by atoms with Crippen LogP contribution in [-0.2, 0) is 4.79 Å². The molecule has 0 fully saturated rings. The lowest BCUT2D eigenvalue weighted by Gasteiger charge is -1.97. The zero-order valence-corrected chi connectivity index (χ0v) is 9.24. The fraction of sp³-hybridized carbons (Fsp3) is 0. The summed E-state index contributed by atoms with van der Waals surface area (Å²) in [7, 11) is 0. The molecule has 0 unspecified atom stereocenters. The Morgan fingerprint density at radius 1 is 1.40 bits per heavy atom. The third-order valence-corrected chi connectivity index (χ3v) is 2.44. The van der Waals surface area contributed by atoms with Gasteiger partial charge in [0.1, 0.15) is 5.82 Å². The van der Waals surface area contributed by atoms with Gasteiger partial charge in [-0.15, -0.1) is 0 Å². The molecule has 0 saturated carbocycles. The Morgan fingerprint density at radius 2 is 2.13 bits per heavy atom. The van der Waals surface area contributed by atoms with Gasteiger partial charge in [0.25, 0.3) is 0 Å². The molecule has 0 radical (unpaired) electrons. The minimum Gasteiger partial charge on any atom is -0.478 e. The molecule has 0 amide bonds. The van der Waals surface area contributed by atoms with Gasteiger partial charge in [-0.2, -0.15) is 0 Å². The van der Waals surface area contributed by atoms with Gasteiger partial charge in [-0.25, -0.2) is 9.18 Å². The Hall–Kier alpha value is -1.42. The van der Waals surface area contributed by atoms with Crippen molar-refractivity contribution in [1.82, 2.24) is 0 Å². The number of rotatable bonds is 3. The van der Waals surface area contributed by atoms with Gasteiger partial charge >= 0.3 is 5.97 Å². The van der Waals surface area contributed by atoms with Gasteiger partial charge in [0.15, 0.2) is 0 Å². The van der Waals surface area contributed by atoms with Crippen LogP contribution in [0.2, 0.25) is 0 Å². The highest BCUT2D eigenvalue weighted by atomic mass is 79.9. The molecule has 2 nitrogen and oxygen atoms in total. The van der Waals surface area contributed by atoms with Gasteiger partial charge in [-0.3, -0.25) is 0 Å². The first-order chi connectivity index (χ1) is 7.11. The highest BCUT2D eigenvalue weighted by molar-refractivity contribution is 9.10. The van der Waals surface area contributed by atoms with Crippen molar-refractivity contribution in [1.29, 1.82) is 0 Å². The van der Waals surface area contributed by atoms with Crippen molar-refractivity contribution in [2.24, 2.45) is 0 Å². The molecule has 15 heavy (non-hydrogen) atoms. The summed E-state index contributed by atoms with van der Waals surface area (Å²) in [5, 5.41) is 8.32. The molecule has 0 heterocycles. The predicted molar refractivity (Wildman–Crippen MR) is 59.9 cm³/mol. The average Bonchev–Trinajstić information content (AvgIpc) is 2.18. The molecular weight excluding hydrogens is 263 g/mol. The summed E-state index contributed by atoms with van der Waals surface area (Å²) in [4.78, 5) is 10.1. The molecule has 1 rings (SSSR count). The number of carboxylic acids is 1. The van der Waals surface area contributed by atoms with Crippen LogP contribution >= 0.6 is 15.9 Å². The Balaban J connectivity index is 2.81. The van der Waals surface area contributed by atoms with Crippen molar-refractivity contribution in [3.63, 3.8) is 0 Å². The smallest absolute Gasteiger partial charge is 0.328 e. The van der Waals surface area contributed by atoms with E-state index in [2.05, 4.69) is 15.9 Å². The van der Waals surface area contributed by atoms with Crippen molar-refractivity contribution in [2.75, 3.05) is 0 Å². The first-order valence-corrected chi connectivity index (χ1v) is 4.92. The molecule has 4 heteroatoms. The third-order valence-electron chi connectivity index (χ3n) is 1.61. The minimum absolute atomic E-state index is 0.348. The summed E-state index contributed by atoms with van der Waals surface area (Å²) in [6.45, 7) is 0. The summed E-state index contributed by atoms with van der Waals surface area (Å²) >= 11 is 3.09. The Labute approximate surface area is 94.9 Å². The molecule has 0 bridgehead atoms. The fourth-order valence-corrected chi connectivity index (χ4v) is 1.34. The normalized spacial score (nSPS) is 11.3. The lowest BCUT2D eigenvalue weighted by Crippen LogP contribution is -1.84. The molecule has 0 aromatic heterocycles. The topological polar surface area (TPSA) is 37.3 Å². The molecule has 0 aliphatic carbocycles. The van der Waals surface area contributed by atoms with E-state index in [1.807, 2.05) is 0 Å². The number of allylic oxidation sites excluding steroid dienone is 2. The van der Waals surface area contributed by atoms with Crippen LogP contribution in [-0.4, -0.2) is 11.1 Å². The molecule has 1 aromatic rings. The van der Waals surface area contributed by atoms with Crippen LogP contribution < -0.4 is 0 Å². The monoisotopic (exact) mass is 270 g/mol. The van der Waals surface area contributed by atoms with Crippen LogP contribution in [0, 0.1) is 5.82 Å². The lowest BCUT2D eigenvalue weighted by atomic mass is 10.2. The maximum Gasteiger partial charge on any atom is 0.328 e. The second-order valence-electron chi connectivity index (χ2n) is 2.70. The zero-order valence-electron chi connectivity index (χ0n) is 7.65. The Kier molecular flexibility index (Phi) is 4.24. The van der Waals surface area contributed by atoms with E-state index in [1.165, 1.54) is 18.2 Å². The van der Waals surface area contributed by atoms with E-state index in [0.717, 1.165) is 6.08 Å². The summed E-state index contributed by atoms with van der Waals surface area (Å²) in [6, 6.07) is 4.65. The maximum atomic E-state index is 13.0.